The number of anilines is 2. The van der Waals surface area contributed by atoms with Crippen molar-refractivity contribution in [1.82, 2.24) is 20.3 Å². The van der Waals surface area contributed by atoms with Crippen LogP contribution in [-0.4, -0.2) is 65.2 Å². The SMILES string of the molecule is CCCN1CCN(c2ccc(C(=O)NN(CC(C)(C)C)c3nc(C#N)ncc3O)cc2)CC1. The standard InChI is InChI=1S/C24H33N7O2/c1-5-10-29-11-13-30(14-12-29)19-8-6-18(7-9-19)23(33)28-31(17-24(2,3)4)22-20(32)16-26-21(15-25)27-22/h6-9,16,32H,5,10-14,17H2,1-4H3,(H,28,33). The number of benzene rings is 1. The number of carbonyl (C=O) groups excluding carboxylic acids is 1. The molecule has 1 fully saturated rings. The summed E-state index contributed by atoms with van der Waals surface area (Å²) in [7, 11) is 0. The Kier molecular flexibility index (Phi) is 7.71. The molecule has 0 spiro atoms. The van der Waals surface area contributed by atoms with E-state index in [2.05, 4.69) is 32.1 Å². The number of nitriles is 1. The van der Waals surface area contributed by atoms with Gasteiger partial charge in [-0.2, -0.15) is 10.2 Å². The Hall–Kier alpha value is -3.38. The van der Waals surface area contributed by atoms with E-state index in [9.17, 15) is 9.90 Å². The van der Waals surface area contributed by atoms with E-state index in [1.165, 1.54) is 11.4 Å². The van der Waals surface area contributed by atoms with Crippen molar-refractivity contribution in [3.63, 3.8) is 0 Å². The summed E-state index contributed by atoms with van der Waals surface area (Å²) in [6.07, 6.45) is 2.33. The lowest BCUT2D eigenvalue weighted by Gasteiger charge is -2.36. The molecule has 2 N–H and O–H groups in total. The highest BCUT2D eigenvalue weighted by molar-refractivity contribution is 5.95. The maximum atomic E-state index is 13.0. The summed E-state index contributed by atoms with van der Waals surface area (Å²) >= 11 is 0. The van der Waals surface area contributed by atoms with Crippen LogP contribution < -0.4 is 15.3 Å². The third-order valence-corrected chi connectivity index (χ3v) is 5.38. The van der Waals surface area contributed by atoms with Crippen LogP contribution in [-0.2, 0) is 0 Å². The number of amides is 1. The summed E-state index contributed by atoms with van der Waals surface area (Å²) in [6, 6.07) is 9.41. The fourth-order valence-electron chi connectivity index (χ4n) is 3.82. The second-order valence-electron chi connectivity index (χ2n) is 9.48. The van der Waals surface area contributed by atoms with E-state index in [4.69, 9.17) is 5.26 Å². The number of hydrazine groups is 1. The summed E-state index contributed by atoms with van der Waals surface area (Å²) in [4.78, 5) is 25.7. The van der Waals surface area contributed by atoms with Crippen LogP contribution in [0.15, 0.2) is 30.5 Å². The molecular formula is C24H33N7O2. The number of aromatic nitrogens is 2. The molecule has 1 aromatic heterocycles. The van der Waals surface area contributed by atoms with Gasteiger partial charge in [-0.25, -0.2) is 4.98 Å². The summed E-state index contributed by atoms with van der Waals surface area (Å²) in [5.41, 5.74) is 4.21. The van der Waals surface area contributed by atoms with E-state index < -0.39 is 0 Å². The monoisotopic (exact) mass is 451 g/mol. The molecule has 0 unspecified atom stereocenters. The second kappa shape index (κ2) is 10.5. The number of hydrogen-bond acceptors (Lipinski definition) is 8. The van der Waals surface area contributed by atoms with Crippen LogP contribution in [0.3, 0.4) is 0 Å². The molecule has 9 nitrogen and oxygen atoms in total. The molecule has 0 radical (unpaired) electrons. The largest absolute Gasteiger partial charge is 0.503 e. The van der Waals surface area contributed by atoms with Crippen molar-refractivity contribution >= 4 is 17.4 Å². The number of carbonyl (C=O) groups is 1. The van der Waals surface area contributed by atoms with Gasteiger partial charge in [-0.05, 0) is 42.6 Å². The van der Waals surface area contributed by atoms with Crippen molar-refractivity contribution in [3.05, 3.63) is 41.9 Å². The van der Waals surface area contributed by atoms with Crippen molar-refractivity contribution in [1.29, 1.82) is 5.26 Å². The first-order valence-corrected chi connectivity index (χ1v) is 11.3. The van der Waals surface area contributed by atoms with E-state index in [-0.39, 0.29) is 28.7 Å². The minimum absolute atomic E-state index is 0.0839. The molecule has 1 aliphatic rings. The molecule has 2 heterocycles. The van der Waals surface area contributed by atoms with Crippen LogP contribution in [0.25, 0.3) is 0 Å². The molecule has 1 aromatic carbocycles. The Morgan fingerprint density at radius 3 is 2.45 bits per heavy atom. The lowest BCUT2D eigenvalue weighted by atomic mass is 9.96. The molecule has 1 saturated heterocycles. The van der Waals surface area contributed by atoms with Crippen molar-refractivity contribution < 1.29 is 9.90 Å². The number of piperazine rings is 1. The Morgan fingerprint density at radius 1 is 1.21 bits per heavy atom. The molecule has 0 aliphatic carbocycles. The number of hydrogen-bond donors (Lipinski definition) is 2. The predicted molar refractivity (Wildman–Crippen MR) is 128 cm³/mol. The third-order valence-electron chi connectivity index (χ3n) is 5.38. The molecular weight excluding hydrogens is 418 g/mol. The molecule has 1 amide bonds. The van der Waals surface area contributed by atoms with Gasteiger partial charge in [0.15, 0.2) is 11.6 Å². The van der Waals surface area contributed by atoms with Crippen LogP contribution >= 0.6 is 0 Å². The van der Waals surface area contributed by atoms with E-state index in [1.807, 2.05) is 39.0 Å². The lowest BCUT2D eigenvalue weighted by molar-refractivity contribution is 0.0945. The zero-order valence-corrected chi connectivity index (χ0v) is 19.9. The normalized spacial score (nSPS) is 14.6. The van der Waals surface area contributed by atoms with Crippen molar-refractivity contribution in [2.24, 2.45) is 5.41 Å². The van der Waals surface area contributed by atoms with Gasteiger partial charge >= 0.3 is 0 Å². The summed E-state index contributed by atoms with van der Waals surface area (Å²) < 4.78 is 0. The molecule has 1 aliphatic heterocycles. The van der Waals surface area contributed by atoms with Crippen molar-refractivity contribution in [3.8, 4) is 11.8 Å². The number of nitrogens with zero attached hydrogens (tertiary/aromatic N) is 6. The first kappa shape index (κ1) is 24.3. The first-order chi connectivity index (χ1) is 15.7. The fourth-order valence-corrected chi connectivity index (χ4v) is 3.82. The first-order valence-electron chi connectivity index (χ1n) is 11.3. The minimum atomic E-state index is -0.324. The Morgan fingerprint density at radius 2 is 1.88 bits per heavy atom. The van der Waals surface area contributed by atoms with Gasteiger partial charge < -0.3 is 10.0 Å². The highest BCUT2D eigenvalue weighted by Crippen LogP contribution is 2.26. The smallest absolute Gasteiger partial charge is 0.269 e. The second-order valence-corrected chi connectivity index (χ2v) is 9.48. The Labute approximate surface area is 195 Å². The summed E-state index contributed by atoms with van der Waals surface area (Å²) in [5, 5.41) is 20.9. The molecule has 2 aromatic rings. The Bertz CT molecular complexity index is 987. The van der Waals surface area contributed by atoms with E-state index >= 15 is 0 Å². The lowest BCUT2D eigenvalue weighted by Crippen LogP contribution is -2.47. The summed E-state index contributed by atoms with van der Waals surface area (Å²) in [6.45, 7) is 13.8. The van der Waals surface area contributed by atoms with Gasteiger partial charge in [0.2, 0.25) is 5.82 Å². The fraction of sp³-hybridized carbons (Fsp3) is 0.500. The van der Waals surface area contributed by atoms with Gasteiger partial charge in [0, 0.05) is 44.0 Å². The maximum absolute atomic E-state index is 13.0. The van der Waals surface area contributed by atoms with Crippen LogP contribution in [0, 0.1) is 16.7 Å². The van der Waals surface area contributed by atoms with Gasteiger partial charge in [0.1, 0.15) is 6.07 Å². The van der Waals surface area contributed by atoms with E-state index in [0.717, 1.165) is 44.6 Å². The average Bonchev–Trinajstić information content (AvgIpc) is 2.79. The van der Waals surface area contributed by atoms with Crippen LogP contribution in [0.2, 0.25) is 0 Å². The molecule has 0 bridgehead atoms. The molecule has 33 heavy (non-hydrogen) atoms. The van der Waals surface area contributed by atoms with Crippen molar-refractivity contribution in [2.45, 2.75) is 34.1 Å². The number of nitrogens with one attached hydrogen (secondary N) is 1. The maximum Gasteiger partial charge on any atom is 0.269 e. The van der Waals surface area contributed by atoms with Gasteiger partial charge in [-0.3, -0.25) is 20.1 Å². The molecule has 176 valence electrons. The highest BCUT2D eigenvalue weighted by atomic mass is 16.3. The van der Waals surface area contributed by atoms with Crippen molar-refractivity contribution in [2.75, 3.05) is 49.2 Å². The van der Waals surface area contributed by atoms with Gasteiger partial charge in [0.25, 0.3) is 5.91 Å². The predicted octanol–water partition coefficient (Wildman–Crippen LogP) is 2.78. The minimum Gasteiger partial charge on any atom is -0.503 e. The van der Waals surface area contributed by atoms with Crippen LogP contribution in [0.1, 0.15) is 50.3 Å². The van der Waals surface area contributed by atoms with Gasteiger partial charge in [-0.1, -0.05) is 27.7 Å². The van der Waals surface area contributed by atoms with E-state index in [1.54, 1.807) is 12.1 Å². The number of rotatable bonds is 7. The molecule has 0 saturated carbocycles. The topological polar surface area (TPSA) is 109 Å². The average molecular weight is 452 g/mol. The Balaban J connectivity index is 1.73. The number of aromatic hydroxyl groups is 1. The third kappa shape index (κ3) is 6.56. The molecule has 0 atom stereocenters. The van der Waals surface area contributed by atoms with E-state index in [0.29, 0.717) is 12.1 Å². The molecule has 9 heteroatoms. The highest BCUT2D eigenvalue weighted by Gasteiger charge is 2.24. The zero-order valence-electron chi connectivity index (χ0n) is 19.9. The zero-order chi connectivity index (χ0) is 24.0. The van der Waals surface area contributed by atoms with Crippen LogP contribution in [0.4, 0.5) is 11.5 Å². The van der Waals surface area contributed by atoms with Crippen LogP contribution in [0.5, 0.6) is 5.75 Å². The quantitative estimate of drug-likeness (QED) is 0.619. The van der Waals surface area contributed by atoms with Gasteiger partial charge in [-0.15, -0.1) is 0 Å². The summed E-state index contributed by atoms with van der Waals surface area (Å²) in [5.74, 6) is -0.531. The molecule has 3 rings (SSSR count). The van der Waals surface area contributed by atoms with Gasteiger partial charge in [0.05, 0.1) is 6.20 Å².